The van der Waals surface area contributed by atoms with E-state index in [1.165, 1.54) is 17.6 Å². The number of benzene rings is 2. The van der Waals surface area contributed by atoms with Crippen molar-refractivity contribution in [2.24, 2.45) is 5.73 Å². The van der Waals surface area contributed by atoms with Gasteiger partial charge < -0.3 is 19.9 Å². The summed E-state index contributed by atoms with van der Waals surface area (Å²) in [5, 5.41) is 14.3. The van der Waals surface area contributed by atoms with E-state index in [1.807, 2.05) is 56.5 Å². The number of aryl methyl sites for hydroxylation is 1. The summed E-state index contributed by atoms with van der Waals surface area (Å²) >= 11 is 1.51. The highest BCUT2D eigenvalue weighted by Crippen LogP contribution is 2.30. The maximum Gasteiger partial charge on any atom is 0.251 e. The van der Waals surface area contributed by atoms with Gasteiger partial charge in [-0.3, -0.25) is 4.79 Å². The van der Waals surface area contributed by atoms with Gasteiger partial charge in [0.1, 0.15) is 11.3 Å². The van der Waals surface area contributed by atoms with Crippen LogP contribution in [0.4, 0.5) is 0 Å². The molecule has 0 aliphatic heterocycles. The number of rotatable bonds is 8. The number of aromatic nitrogens is 4. The molecule has 5 rings (SSSR count). The van der Waals surface area contributed by atoms with Gasteiger partial charge in [-0.25, -0.2) is 9.97 Å². The zero-order valence-electron chi connectivity index (χ0n) is 20.6. The van der Waals surface area contributed by atoms with Gasteiger partial charge in [0.15, 0.2) is 0 Å². The molecule has 0 saturated heterocycles. The van der Waals surface area contributed by atoms with Crippen LogP contribution in [-0.2, 0) is 12.0 Å². The van der Waals surface area contributed by atoms with Crippen molar-refractivity contribution in [3.63, 3.8) is 0 Å². The van der Waals surface area contributed by atoms with E-state index in [0.717, 1.165) is 16.3 Å². The van der Waals surface area contributed by atoms with Gasteiger partial charge in [0.25, 0.3) is 5.91 Å². The Labute approximate surface area is 217 Å². The van der Waals surface area contributed by atoms with E-state index < -0.39 is 5.54 Å². The molecule has 0 aliphatic carbocycles. The minimum atomic E-state index is -0.881. The minimum Gasteiger partial charge on any atom is -0.445 e. The molecule has 3 heterocycles. The summed E-state index contributed by atoms with van der Waals surface area (Å²) < 4.78 is 11.5. The van der Waals surface area contributed by atoms with Crippen molar-refractivity contribution in [2.75, 3.05) is 0 Å². The average Bonchev–Trinajstić information content (AvgIpc) is 3.66. The van der Waals surface area contributed by atoms with Crippen LogP contribution in [0.1, 0.15) is 52.4 Å². The Bertz CT molecular complexity index is 1510. The number of oxazole rings is 1. The fourth-order valence-corrected chi connectivity index (χ4v) is 4.75. The molecule has 9 nitrogen and oxygen atoms in total. The Kier molecular flexibility index (Phi) is 6.68. The first kappa shape index (κ1) is 24.5. The Balaban J connectivity index is 1.46. The molecular weight excluding hydrogens is 488 g/mol. The maximum absolute atomic E-state index is 13.2. The Morgan fingerprint density at radius 3 is 2.57 bits per heavy atom. The highest BCUT2D eigenvalue weighted by atomic mass is 32.1. The van der Waals surface area contributed by atoms with Gasteiger partial charge in [0.05, 0.1) is 17.8 Å². The van der Waals surface area contributed by atoms with E-state index in [-0.39, 0.29) is 17.8 Å². The lowest BCUT2D eigenvalue weighted by Gasteiger charge is -2.20. The zero-order chi connectivity index (χ0) is 26.0. The lowest BCUT2D eigenvalue weighted by atomic mass is 9.94. The van der Waals surface area contributed by atoms with Crippen molar-refractivity contribution in [1.29, 1.82) is 0 Å². The van der Waals surface area contributed by atoms with E-state index in [0.29, 0.717) is 34.9 Å². The summed E-state index contributed by atoms with van der Waals surface area (Å²) in [5.74, 6) is 0.631. The van der Waals surface area contributed by atoms with Crippen molar-refractivity contribution in [2.45, 2.75) is 38.8 Å². The number of nitrogens with zero attached hydrogens (tertiary/aromatic N) is 4. The monoisotopic (exact) mass is 514 g/mol. The number of nitrogens with two attached hydrogens (primary N) is 1. The first-order valence-corrected chi connectivity index (χ1v) is 12.6. The van der Waals surface area contributed by atoms with Gasteiger partial charge >= 0.3 is 0 Å². The normalized spacial score (nSPS) is 13.7. The van der Waals surface area contributed by atoms with Gasteiger partial charge in [-0.15, -0.1) is 21.5 Å². The highest BCUT2D eigenvalue weighted by Gasteiger charge is 2.29. The molecule has 0 spiro atoms. The Morgan fingerprint density at radius 2 is 1.89 bits per heavy atom. The molecule has 1 amide bonds. The van der Waals surface area contributed by atoms with Crippen LogP contribution in [0, 0.1) is 6.92 Å². The molecule has 1 unspecified atom stereocenters. The largest absolute Gasteiger partial charge is 0.445 e. The molecule has 0 aliphatic rings. The molecule has 3 N–H and O–H groups in total. The summed E-state index contributed by atoms with van der Waals surface area (Å²) in [6.45, 7) is 5.67. The molecule has 0 fully saturated rings. The average molecular weight is 515 g/mol. The van der Waals surface area contributed by atoms with Gasteiger partial charge in [-0.1, -0.05) is 30.3 Å². The Hall–Kier alpha value is -4.15. The molecule has 0 saturated carbocycles. The van der Waals surface area contributed by atoms with Crippen LogP contribution in [0.15, 0.2) is 75.2 Å². The molecule has 188 valence electrons. The van der Waals surface area contributed by atoms with Gasteiger partial charge in [0.2, 0.25) is 17.7 Å². The summed E-state index contributed by atoms with van der Waals surface area (Å²) in [5.41, 5.74) is 9.21. The topological polar surface area (TPSA) is 133 Å². The quantitative estimate of drug-likeness (QED) is 0.293. The fourth-order valence-electron chi connectivity index (χ4n) is 3.95. The number of nitrogens with one attached hydrogen (secondary N) is 1. The second-order valence-electron chi connectivity index (χ2n) is 9.15. The van der Waals surface area contributed by atoms with E-state index >= 15 is 0 Å². The number of amides is 1. The molecule has 5 aromatic rings. The standard InChI is InChI=1S/C27H26N6O3S/c1-16-15-37-25(30-16)17(2)31-22(34)19-11-20(23-29-9-10-35-23)13-21(12-19)24-32-33-26(36-24)27(3,28)14-18-7-5-4-6-8-18/h4-13,15,17H,14,28H2,1-3H3,(H,31,34)/t17-,27?/m1/s1. The van der Waals surface area contributed by atoms with Crippen LogP contribution in [0.5, 0.6) is 0 Å². The van der Waals surface area contributed by atoms with Crippen LogP contribution in [0.2, 0.25) is 0 Å². The molecule has 0 radical (unpaired) electrons. The maximum atomic E-state index is 13.2. The molecular formula is C27H26N6O3S. The van der Waals surface area contributed by atoms with Crippen molar-refractivity contribution in [1.82, 2.24) is 25.5 Å². The predicted octanol–water partition coefficient (Wildman–Crippen LogP) is 5.06. The number of carbonyl (C=O) groups excluding carboxylic acids is 1. The minimum absolute atomic E-state index is 0.241. The Morgan fingerprint density at radius 1 is 1.14 bits per heavy atom. The third kappa shape index (κ3) is 5.50. The van der Waals surface area contributed by atoms with Crippen molar-refractivity contribution in [3.8, 4) is 22.9 Å². The zero-order valence-corrected chi connectivity index (χ0v) is 21.5. The van der Waals surface area contributed by atoms with Crippen LogP contribution in [0.3, 0.4) is 0 Å². The lowest BCUT2D eigenvalue weighted by molar-refractivity contribution is 0.0940. The van der Waals surface area contributed by atoms with Crippen LogP contribution >= 0.6 is 11.3 Å². The van der Waals surface area contributed by atoms with Crippen LogP contribution in [0.25, 0.3) is 22.9 Å². The van der Waals surface area contributed by atoms with Crippen LogP contribution < -0.4 is 11.1 Å². The van der Waals surface area contributed by atoms with Gasteiger partial charge in [-0.05, 0) is 51.0 Å². The molecule has 3 aromatic heterocycles. The number of hydrogen-bond donors (Lipinski definition) is 2. The van der Waals surface area contributed by atoms with Crippen molar-refractivity contribution < 1.29 is 13.6 Å². The van der Waals surface area contributed by atoms with E-state index in [1.54, 1.807) is 24.4 Å². The van der Waals surface area contributed by atoms with Crippen molar-refractivity contribution in [3.05, 3.63) is 94.1 Å². The van der Waals surface area contributed by atoms with E-state index in [4.69, 9.17) is 14.6 Å². The van der Waals surface area contributed by atoms with Crippen LogP contribution in [-0.4, -0.2) is 26.1 Å². The molecule has 10 heteroatoms. The fraction of sp³-hybridized carbons (Fsp3) is 0.222. The number of thiazole rings is 1. The third-order valence-corrected chi connectivity index (χ3v) is 6.95. The van der Waals surface area contributed by atoms with Gasteiger partial charge in [-0.2, -0.15) is 0 Å². The molecule has 0 bridgehead atoms. The first-order valence-electron chi connectivity index (χ1n) is 11.7. The van der Waals surface area contributed by atoms with Gasteiger partial charge in [0, 0.05) is 27.8 Å². The SMILES string of the molecule is Cc1csc([C@@H](C)NC(=O)c2cc(-c3ncco3)cc(-c3nnc(C(C)(N)Cc4ccccc4)o3)c2)n1. The third-order valence-electron chi connectivity index (χ3n) is 5.80. The van der Waals surface area contributed by atoms with Crippen molar-refractivity contribution >= 4 is 17.2 Å². The number of carbonyl (C=O) groups is 1. The number of hydrogen-bond acceptors (Lipinski definition) is 9. The molecule has 37 heavy (non-hydrogen) atoms. The second kappa shape index (κ2) is 10.1. The summed E-state index contributed by atoms with van der Waals surface area (Å²) in [7, 11) is 0. The smallest absolute Gasteiger partial charge is 0.251 e. The van der Waals surface area contributed by atoms with E-state index in [2.05, 4.69) is 25.5 Å². The highest BCUT2D eigenvalue weighted by molar-refractivity contribution is 7.09. The molecule has 2 atom stereocenters. The first-order chi connectivity index (χ1) is 17.8. The second-order valence-corrected chi connectivity index (χ2v) is 10.0. The lowest BCUT2D eigenvalue weighted by Crippen LogP contribution is -2.35. The predicted molar refractivity (Wildman–Crippen MR) is 140 cm³/mol. The van der Waals surface area contributed by atoms with E-state index in [9.17, 15) is 4.79 Å². The summed E-state index contributed by atoms with van der Waals surface area (Å²) in [6.07, 6.45) is 3.54. The summed E-state index contributed by atoms with van der Waals surface area (Å²) in [4.78, 5) is 21.9. The summed E-state index contributed by atoms with van der Waals surface area (Å²) in [6, 6.07) is 14.8. The molecule has 2 aromatic carbocycles.